The second kappa shape index (κ2) is 16.2. The van der Waals surface area contributed by atoms with Crippen LogP contribution in [0.1, 0.15) is 61.5 Å². The lowest BCUT2D eigenvalue weighted by molar-refractivity contribution is -0.138. The van der Waals surface area contributed by atoms with Gasteiger partial charge in [0.25, 0.3) is 11.8 Å². The zero-order chi connectivity index (χ0) is 33.2. The van der Waals surface area contributed by atoms with Crippen LogP contribution in [0.25, 0.3) is 10.9 Å². The van der Waals surface area contributed by atoms with E-state index in [0.717, 1.165) is 18.4 Å². The molecule has 1 aromatic heterocycles. The number of nitrogens with zero attached hydrogens (tertiary/aromatic N) is 4. The number of piperazine rings is 1. The minimum atomic E-state index is -1.15. The molecule has 2 aliphatic rings. The van der Waals surface area contributed by atoms with E-state index in [1.165, 1.54) is 15.9 Å². The Morgan fingerprint density at radius 1 is 1.00 bits per heavy atom. The van der Waals surface area contributed by atoms with E-state index in [1.807, 2.05) is 19.9 Å². The monoisotopic (exact) mass is 641 g/mol. The maximum atomic E-state index is 13.5. The maximum absolute atomic E-state index is 13.5. The highest BCUT2D eigenvalue weighted by molar-refractivity contribution is 5.99. The molecule has 2 aliphatic heterocycles. The van der Waals surface area contributed by atoms with E-state index in [1.54, 1.807) is 17.0 Å². The summed E-state index contributed by atoms with van der Waals surface area (Å²) >= 11 is 0. The third-order valence-corrected chi connectivity index (χ3v) is 8.15. The Morgan fingerprint density at radius 2 is 1.70 bits per heavy atom. The van der Waals surface area contributed by atoms with Crippen molar-refractivity contribution in [3.8, 4) is 5.75 Å². The summed E-state index contributed by atoms with van der Waals surface area (Å²) in [5, 5.41) is 22.3. The number of pyridine rings is 1. The molecule has 0 saturated carbocycles. The summed E-state index contributed by atoms with van der Waals surface area (Å²) in [6.45, 7) is 5.68. The molecule has 0 spiro atoms. The molecule has 14 nitrogen and oxygen atoms in total. The molecule has 2 aromatic rings. The number of nitrogens with one attached hydrogen (secondary N) is 1. The smallest absolute Gasteiger partial charge is 0.409 e. The highest BCUT2D eigenvalue weighted by Gasteiger charge is 2.31. The molecular weight excluding hydrogens is 598 g/mol. The van der Waals surface area contributed by atoms with Crippen molar-refractivity contribution in [1.29, 1.82) is 0 Å². The molecular formula is C32H43N5O9. The lowest BCUT2D eigenvalue weighted by Crippen LogP contribution is -2.56. The van der Waals surface area contributed by atoms with Gasteiger partial charge < -0.3 is 39.7 Å². The average molecular weight is 642 g/mol. The molecule has 4 amide bonds. The lowest BCUT2D eigenvalue weighted by Gasteiger charge is -2.36. The number of benzene rings is 1. The first kappa shape index (κ1) is 34.4. The molecule has 2 saturated heterocycles. The zero-order valence-corrected chi connectivity index (χ0v) is 26.4. The predicted molar refractivity (Wildman–Crippen MR) is 166 cm³/mol. The quantitative estimate of drug-likeness (QED) is 0.290. The van der Waals surface area contributed by atoms with Crippen molar-refractivity contribution in [1.82, 2.24) is 25.0 Å². The second-order valence-corrected chi connectivity index (χ2v) is 11.7. The Kier molecular flexibility index (Phi) is 12.1. The van der Waals surface area contributed by atoms with E-state index in [4.69, 9.17) is 9.47 Å². The van der Waals surface area contributed by atoms with Gasteiger partial charge in [0.05, 0.1) is 18.2 Å². The molecule has 14 heteroatoms. The summed E-state index contributed by atoms with van der Waals surface area (Å²) in [4.78, 5) is 72.7. The Labute approximate surface area is 267 Å². The van der Waals surface area contributed by atoms with Crippen molar-refractivity contribution in [2.75, 3.05) is 52.5 Å². The number of likely N-dealkylation sites (tertiary alicyclic amines) is 1. The van der Waals surface area contributed by atoms with Crippen LogP contribution < -0.4 is 10.1 Å². The predicted octanol–water partition coefficient (Wildman–Crippen LogP) is 1.95. The van der Waals surface area contributed by atoms with Crippen LogP contribution in [0, 0.1) is 6.92 Å². The van der Waals surface area contributed by atoms with Gasteiger partial charge in [-0.05, 0) is 50.3 Å². The van der Waals surface area contributed by atoms with Crippen molar-refractivity contribution >= 4 is 40.7 Å². The van der Waals surface area contributed by atoms with Gasteiger partial charge in [-0.15, -0.1) is 0 Å². The summed E-state index contributed by atoms with van der Waals surface area (Å²) in [5.41, 5.74) is 1.27. The number of aliphatic hydroxyl groups is 1. The van der Waals surface area contributed by atoms with Gasteiger partial charge in [-0.25, -0.2) is 9.78 Å². The zero-order valence-electron chi connectivity index (χ0n) is 26.4. The van der Waals surface area contributed by atoms with Crippen LogP contribution in [-0.2, 0) is 19.1 Å². The van der Waals surface area contributed by atoms with Gasteiger partial charge in [0.2, 0.25) is 5.91 Å². The Hall–Kier alpha value is -4.46. The first-order chi connectivity index (χ1) is 22.0. The molecule has 0 bridgehead atoms. The van der Waals surface area contributed by atoms with Crippen LogP contribution in [0.2, 0.25) is 0 Å². The first-order valence-corrected chi connectivity index (χ1v) is 15.8. The van der Waals surface area contributed by atoms with Crippen molar-refractivity contribution in [2.24, 2.45) is 0 Å². The van der Waals surface area contributed by atoms with E-state index < -0.39 is 36.0 Å². The van der Waals surface area contributed by atoms with Crippen LogP contribution >= 0.6 is 0 Å². The molecule has 1 unspecified atom stereocenters. The minimum Gasteiger partial charge on any atom is -0.483 e. The number of rotatable bonds is 12. The number of amides is 4. The number of ether oxygens (including phenoxy) is 2. The summed E-state index contributed by atoms with van der Waals surface area (Å²) in [7, 11) is 0. The number of piperidine rings is 1. The third-order valence-electron chi connectivity index (χ3n) is 8.15. The highest BCUT2D eigenvalue weighted by atomic mass is 16.6. The fraction of sp³-hybridized carbons (Fsp3) is 0.562. The molecule has 4 rings (SSSR count). The molecule has 1 aromatic carbocycles. The van der Waals surface area contributed by atoms with E-state index in [9.17, 15) is 34.2 Å². The van der Waals surface area contributed by atoms with Crippen molar-refractivity contribution in [2.45, 2.75) is 64.5 Å². The van der Waals surface area contributed by atoms with Crippen molar-refractivity contribution in [3.63, 3.8) is 0 Å². The largest absolute Gasteiger partial charge is 0.483 e. The van der Waals surface area contributed by atoms with E-state index in [-0.39, 0.29) is 63.0 Å². The average Bonchev–Trinajstić information content (AvgIpc) is 3.05. The number of unbranched alkanes of at least 4 members (excludes halogenated alkanes) is 1. The SMILES string of the molecule is CCCCOC(=O)N1CCN(C(=O)C(CCC(=O)O)NC(=O)c2cc(OCC(=O)N3CCC(O)CC3)c3ccc(C)cc3n2)CC1. The van der Waals surface area contributed by atoms with Crippen LogP contribution in [0.5, 0.6) is 5.75 Å². The Bertz CT molecular complexity index is 1420. The van der Waals surface area contributed by atoms with Gasteiger partial charge in [-0.2, -0.15) is 0 Å². The summed E-state index contributed by atoms with van der Waals surface area (Å²) < 4.78 is 11.2. The molecule has 0 aliphatic carbocycles. The van der Waals surface area contributed by atoms with Crippen molar-refractivity contribution < 1.29 is 43.7 Å². The van der Waals surface area contributed by atoms with E-state index >= 15 is 0 Å². The molecule has 46 heavy (non-hydrogen) atoms. The minimum absolute atomic E-state index is 0.0607. The van der Waals surface area contributed by atoms with Gasteiger partial charge in [-0.1, -0.05) is 19.4 Å². The summed E-state index contributed by atoms with van der Waals surface area (Å²) in [6, 6.07) is 5.67. The molecule has 2 fully saturated rings. The van der Waals surface area contributed by atoms with Crippen LogP contribution in [0.15, 0.2) is 24.3 Å². The van der Waals surface area contributed by atoms with E-state index in [2.05, 4.69) is 10.3 Å². The highest BCUT2D eigenvalue weighted by Crippen LogP contribution is 2.27. The number of fused-ring (bicyclic) bond motifs is 1. The molecule has 0 radical (unpaired) electrons. The topological polar surface area (TPSA) is 179 Å². The van der Waals surface area contributed by atoms with Gasteiger partial charge in [-0.3, -0.25) is 19.2 Å². The van der Waals surface area contributed by atoms with Gasteiger partial charge >= 0.3 is 12.1 Å². The number of carbonyl (C=O) groups is 5. The van der Waals surface area contributed by atoms with Crippen molar-refractivity contribution in [3.05, 3.63) is 35.5 Å². The molecule has 250 valence electrons. The van der Waals surface area contributed by atoms with Crippen LogP contribution in [-0.4, -0.2) is 124 Å². The molecule has 3 heterocycles. The normalized spacial score (nSPS) is 16.2. The van der Waals surface area contributed by atoms with Crippen LogP contribution in [0.3, 0.4) is 0 Å². The fourth-order valence-corrected chi connectivity index (χ4v) is 5.37. The maximum Gasteiger partial charge on any atom is 0.409 e. The number of hydrogen-bond donors (Lipinski definition) is 3. The number of aliphatic carboxylic acids is 1. The van der Waals surface area contributed by atoms with Gasteiger partial charge in [0.1, 0.15) is 17.5 Å². The number of carboxylic acids is 1. The fourth-order valence-electron chi connectivity index (χ4n) is 5.37. The number of aliphatic hydroxyl groups excluding tert-OH is 1. The third kappa shape index (κ3) is 9.28. The number of carbonyl (C=O) groups excluding carboxylic acids is 4. The molecule has 1 atom stereocenters. The van der Waals surface area contributed by atoms with Gasteiger partial charge in [0.15, 0.2) is 6.61 Å². The second-order valence-electron chi connectivity index (χ2n) is 11.7. The number of hydrogen-bond acceptors (Lipinski definition) is 9. The Morgan fingerprint density at radius 3 is 2.37 bits per heavy atom. The number of aromatic nitrogens is 1. The van der Waals surface area contributed by atoms with Gasteiger partial charge in [0, 0.05) is 57.1 Å². The lowest BCUT2D eigenvalue weighted by atomic mass is 10.1. The number of aryl methyl sites for hydroxylation is 1. The standard InChI is InChI=1S/C32H43N5O9/c1-3-4-17-45-32(44)37-15-13-36(14-16-37)31(43)24(7-8-29(40)41)34-30(42)26-19-27(23-6-5-21(2)18-25(23)33-26)46-20-28(39)35-11-9-22(38)10-12-35/h5-6,18-19,22,24,38H,3-4,7-17,20H2,1-2H3,(H,34,42)(H,40,41). The van der Waals surface area contributed by atoms with E-state index in [0.29, 0.717) is 43.4 Å². The summed E-state index contributed by atoms with van der Waals surface area (Å²) in [5.74, 6) is -2.26. The summed E-state index contributed by atoms with van der Waals surface area (Å²) in [6.07, 6.45) is 1.29. The first-order valence-electron chi connectivity index (χ1n) is 15.8. The molecule has 3 N–H and O–H groups in total. The van der Waals surface area contributed by atoms with Crippen LogP contribution in [0.4, 0.5) is 4.79 Å². The Balaban J connectivity index is 1.47. The number of carboxylic acid groups (broad SMARTS) is 1.